The zero-order chi connectivity index (χ0) is 17.3. The third kappa shape index (κ3) is 4.97. The van der Waals surface area contributed by atoms with Crippen LogP contribution < -0.4 is 10.2 Å². The van der Waals surface area contributed by atoms with E-state index in [2.05, 4.69) is 15.5 Å². The van der Waals surface area contributed by atoms with Gasteiger partial charge in [0.05, 0.1) is 6.04 Å². The predicted octanol–water partition coefficient (Wildman–Crippen LogP) is 2.60. The number of carbonyl (C=O) groups excluding carboxylic acids is 1. The van der Waals surface area contributed by atoms with Crippen LogP contribution in [0.4, 0.5) is 23.8 Å². The zero-order valence-corrected chi connectivity index (χ0v) is 13.1. The normalized spacial score (nSPS) is 18.9. The van der Waals surface area contributed by atoms with E-state index in [-0.39, 0.29) is 6.04 Å². The maximum absolute atomic E-state index is 12.5. The number of hydrogen-bond donors (Lipinski definition) is 1. The summed E-state index contributed by atoms with van der Waals surface area (Å²) in [5.41, 5.74) is -1.61. The lowest BCUT2D eigenvalue weighted by Gasteiger charge is -2.22. The van der Waals surface area contributed by atoms with Gasteiger partial charge in [-0.2, -0.15) is 13.2 Å². The largest absolute Gasteiger partial charge is 0.444 e. The molecule has 0 radical (unpaired) electrons. The Labute approximate surface area is 132 Å². The highest BCUT2D eigenvalue weighted by Crippen LogP contribution is 2.28. The molecule has 1 aromatic rings. The summed E-state index contributed by atoms with van der Waals surface area (Å²) in [5, 5.41) is 9.55. The fraction of sp³-hybridized carbons (Fsp3) is 0.643. The molecule has 23 heavy (non-hydrogen) atoms. The number of halogens is 3. The van der Waals surface area contributed by atoms with Crippen LogP contribution in [-0.2, 0) is 10.9 Å². The summed E-state index contributed by atoms with van der Waals surface area (Å²) in [6.45, 7) is 6.32. The van der Waals surface area contributed by atoms with Gasteiger partial charge in [-0.15, -0.1) is 10.2 Å². The third-order valence-corrected chi connectivity index (χ3v) is 3.17. The fourth-order valence-corrected chi connectivity index (χ4v) is 2.21. The molecule has 1 fully saturated rings. The summed E-state index contributed by atoms with van der Waals surface area (Å²) in [5.74, 6) is 0.353. The fourth-order valence-electron chi connectivity index (χ4n) is 2.21. The Morgan fingerprint density at radius 3 is 2.52 bits per heavy atom. The van der Waals surface area contributed by atoms with Crippen LogP contribution in [0.15, 0.2) is 12.1 Å². The van der Waals surface area contributed by atoms with Crippen molar-refractivity contribution in [1.82, 2.24) is 15.5 Å². The van der Waals surface area contributed by atoms with E-state index >= 15 is 0 Å². The summed E-state index contributed by atoms with van der Waals surface area (Å²) in [6, 6.07) is 2.04. The van der Waals surface area contributed by atoms with Crippen molar-refractivity contribution < 1.29 is 22.7 Å². The summed E-state index contributed by atoms with van der Waals surface area (Å²) in [6.07, 6.45) is -4.36. The summed E-state index contributed by atoms with van der Waals surface area (Å²) in [4.78, 5) is 13.5. The molecule has 1 aromatic heterocycles. The minimum Gasteiger partial charge on any atom is -0.444 e. The lowest BCUT2D eigenvalue weighted by atomic mass is 10.2. The van der Waals surface area contributed by atoms with E-state index in [9.17, 15) is 18.0 Å². The molecule has 128 valence electrons. The molecule has 0 unspecified atom stereocenters. The number of carbonyl (C=O) groups is 1. The molecule has 2 rings (SSSR count). The van der Waals surface area contributed by atoms with Crippen molar-refractivity contribution in [2.24, 2.45) is 0 Å². The maximum atomic E-state index is 12.5. The molecule has 1 aliphatic rings. The smallest absolute Gasteiger partial charge is 0.435 e. The molecule has 1 saturated heterocycles. The first kappa shape index (κ1) is 17.3. The van der Waals surface area contributed by atoms with E-state index in [1.807, 2.05) is 0 Å². The maximum Gasteiger partial charge on any atom is 0.435 e. The summed E-state index contributed by atoms with van der Waals surface area (Å²) >= 11 is 0. The van der Waals surface area contributed by atoms with E-state index in [0.717, 1.165) is 6.07 Å². The van der Waals surface area contributed by atoms with Gasteiger partial charge >= 0.3 is 12.3 Å². The number of alkyl halides is 3. The molecule has 0 saturated carbocycles. The molecule has 0 aromatic carbocycles. The monoisotopic (exact) mass is 332 g/mol. The number of anilines is 1. The van der Waals surface area contributed by atoms with Crippen molar-refractivity contribution in [2.45, 2.75) is 45.0 Å². The average Bonchev–Trinajstić information content (AvgIpc) is 2.84. The van der Waals surface area contributed by atoms with Crippen LogP contribution in [0.25, 0.3) is 0 Å². The SMILES string of the molecule is CC(C)(C)OC(=O)N[C@H]1CCN(c2ccc(C(F)(F)F)nn2)C1. The molecule has 1 amide bonds. The number of ether oxygens (including phenoxy) is 1. The van der Waals surface area contributed by atoms with Gasteiger partial charge in [-0.05, 0) is 39.3 Å². The van der Waals surface area contributed by atoms with E-state index in [1.54, 1.807) is 25.7 Å². The average molecular weight is 332 g/mol. The number of rotatable bonds is 2. The van der Waals surface area contributed by atoms with Crippen LogP contribution in [0.1, 0.15) is 32.9 Å². The van der Waals surface area contributed by atoms with E-state index in [0.29, 0.717) is 25.3 Å². The standard InChI is InChI=1S/C14H19F3N4O2/c1-13(2,3)23-12(22)18-9-6-7-21(8-9)11-5-4-10(19-20-11)14(15,16)17/h4-5,9H,6-8H2,1-3H3,(H,18,22)/t9-/m0/s1. The molecule has 1 aliphatic heterocycles. The first-order valence-electron chi connectivity index (χ1n) is 7.20. The van der Waals surface area contributed by atoms with E-state index in [4.69, 9.17) is 4.74 Å². The Kier molecular flexibility index (Phi) is 4.67. The molecular formula is C14H19F3N4O2. The highest BCUT2D eigenvalue weighted by atomic mass is 19.4. The Hall–Kier alpha value is -2.06. The molecule has 1 N–H and O–H groups in total. The number of alkyl carbamates (subject to hydrolysis) is 1. The van der Waals surface area contributed by atoms with Crippen molar-refractivity contribution >= 4 is 11.9 Å². The van der Waals surface area contributed by atoms with Gasteiger partial charge in [0.15, 0.2) is 11.5 Å². The summed E-state index contributed by atoms with van der Waals surface area (Å²) < 4.78 is 42.6. The number of aromatic nitrogens is 2. The highest BCUT2D eigenvalue weighted by molar-refractivity contribution is 5.68. The topological polar surface area (TPSA) is 67.3 Å². The Balaban J connectivity index is 1.91. The molecule has 0 bridgehead atoms. The van der Waals surface area contributed by atoms with Crippen molar-refractivity contribution in [1.29, 1.82) is 0 Å². The van der Waals surface area contributed by atoms with Gasteiger partial charge in [0.25, 0.3) is 0 Å². The second-order valence-electron chi connectivity index (χ2n) is 6.35. The van der Waals surface area contributed by atoms with Crippen LogP contribution in [-0.4, -0.2) is 41.0 Å². The van der Waals surface area contributed by atoms with Gasteiger partial charge < -0.3 is 15.0 Å². The Bertz CT molecular complexity index is 555. The quantitative estimate of drug-likeness (QED) is 0.902. The third-order valence-electron chi connectivity index (χ3n) is 3.17. The van der Waals surface area contributed by atoms with Gasteiger partial charge in [-0.1, -0.05) is 0 Å². The molecule has 0 spiro atoms. The van der Waals surface area contributed by atoms with E-state index in [1.165, 1.54) is 6.07 Å². The van der Waals surface area contributed by atoms with Crippen LogP contribution in [0.5, 0.6) is 0 Å². The molecule has 9 heteroatoms. The van der Waals surface area contributed by atoms with Gasteiger partial charge in [0.2, 0.25) is 0 Å². The minimum absolute atomic E-state index is 0.144. The van der Waals surface area contributed by atoms with Crippen LogP contribution >= 0.6 is 0 Å². The highest BCUT2D eigenvalue weighted by Gasteiger charge is 2.33. The minimum atomic E-state index is -4.50. The van der Waals surface area contributed by atoms with Crippen molar-refractivity contribution in [3.8, 4) is 0 Å². The number of nitrogens with zero attached hydrogens (tertiary/aromatic N) is 3. The predicted molar refractivity (Wildman–Crippen MR) is 77.0 cm³/mol. The molecule has 6 nitrogen and oxygen atoms in total. The second-order valence-corrected chi connectivity index (χ2v) is 6.35. The second kappa shape index (κ2) is 6.21. The Morgan fingerprint density at radius 1 is 1.30 bits per heavy atom. The van der Waals surface area contributed by atoms with Crippen molar-refractivity contribution in [3.63, 3.8) is 0 Å². The lowest BCUT2D eigenvalue weighted by Crippen LogP contribution is -2.40. The molecule has 2 heterocycles. The van der Waals surface area contributed by atoms with Crippen LogP contribution in [0, 0.1) is 0 Å². The van der Waals surface area contributed by atoms with Crippen molar-refractivity contribution in [3.05, 3.63) is 17.8 Å². The number of nitrogens with one attached hydrogen (secondary N) is 1. The van der Waals surface area contributed by atoms with Crippen LogP contribution in [0.2, 0.25) is 0 Å². The van der Waals surface area contributed by atoms with E-state index < -0.39 is 23.6 Å². The lowest BCUT2D eigenvalue weighted by molar-refractivity contribution is -0.141. The summed E-state index contributed by atoms with van der Waals surface area (Å²) in [7, 11) is 0. The first-order valence-corrected chi connectivity index (χ1v) is 7.20. The number of hydrogen-bond acceptors (Lipinski definition) is 5. The van der Waals surface area contributed by atoms with Gasteiger partial charge in [0, 0.05) is 13.1 Å². The first-order chi connectivity index (χ1) is 10.5. The van der Waals surface area contributed by atoms with Crippen LogP contribution in [0.3, 0.4) is 0 Å². The molecule has 1 atom stereocenters. The van der Waals surface area contributed by atoms with Crippen molar-refractivity contribution in [2.75, 3.05) is 18.0 Å². The van der Waals surface area contributed by atoms with Gasteiger partial charge in [-0.3, -0.25) is 0 Å². The van der Waals surface area contributed by atoms with Gasteiger partial charge in [0.1, 0.15) is 5.60 Å². The van der Waals surface area contributed by atoms with Gasteiger partial charge in [-0.25, -0.2) is 4.79 Å². The zero-order valence-electron chi connectivity index (χ0n) is 13.1. The molecular weight excluding hydrogens is 313 g/mol. The Morgan fingerprint density at radius 2 is 2.00 bits per heavy atom. The molecule has 0 aliphatic carbocycles. The number of amides is 1.